The Kier molecular flexibility index (Phi) is 11.7. The van der Waals surface area contributed by atoms with Gasteiger partial charge in [0.25, 0.3) is 0 Å². The molecule has 0 saturated carbocycles. The Hall–Kier alpha value is -3.08. The van der Waals surface area contributed by atoms with E-state index in [1.165, 1.54) is 4.90 Å². The Morgan fingerprint density at radius 3 is 2.23 bits per heavy atom. The maximum atomic E-state index is 13.9. The predicted octanol–water partition coefficient (Wildman–Crippen LogP) is 4.55. The van der Waals surface area contributed by atoms with Gasteiger partial charge < -0.3 is 20.3 Å². The van der Waals surface area contributed by atoms with E-state index in [1.807, 2.05) is 58.9 Å². The van der Waals surface area contributed by atoms with Crippen LogP contribution in [-0.4, -0.2) is 47.5 Å². The maximum absolute atomic E-state index is 13.9. The molecule has 194 valence electrons. The molecule has 3 atom stereocenters. The Morgan fingerprint density at radius 1 is 1.14 bits per heavy atom. The third-order valence-corrected chi connectivity index (χ3v) is 5.88. The molecule has 0 aromatic heterocycles. The number of hydrogen-bond donors (Lipinski definition) is 2. The van der Waals surface area contributed by atoms with E-state index in [2.05, 4.69) is 10.6 Å². The fourth-order valence-electron chi connectivity index (χ4n) is 3.84. The number of hydrogen-bond acceptors (Lipinski definition) is 5. The number of nitriles is 1. The quantitative estimate of drug-likeness (QED) is 0.352. The number of unbranched alkanes of at least 4 members (excludes halogenated alkanes) is 1. The number of carbonyl (C=O) groups excluding carboxylic acids is 3. The van der Waals surface area contributed by atoms with Gasteiger partial charge in [0.05, 0.1) is 6.07 Å². The zero-order valence-corrected chi connectivity index (χ0v) is 22.5. The number of ether oxygens (including phenoxy) is 1. The van der Waals surface area contributed by atoms with Crippen LogP contribution in [0.1, 0.15) is 83.5 Å². The topological polar surface area (TPSA) is 112 Å². The van der Waals surface area contributed by atoms with Gasteiger partial charge in [0.1, 0.15) is 24.2 Å². The number of carbonyl (C=O) groups is 3. The van der Waals surface area contributed by atoms with E-state index in [1.54, 1.807) is 20.8 Å². The van der Waals surface area contributed by atoms with Gasteiger partial charge in [-0.15, -0.1) is 0 Å². The van der Waals surface area contributed by atoms with Crippen molar-refractivity contribution >= 4 is 17.9 Å². The molecule has 3 unspecified atom stereocenters. The van der Waals surface area contributed by atoms with Crippen LogP contribution in [0, 0.1) is 31.1 Å². The second-order valence-corrected chi connectivity index (χ2v) is 9.99. The lowest BCUT2D eigenvalue weighted by Gasteiger charge is -2.35. The van der Waals surface area contributed by atoms with Crippen LogP contribution in [0.4, 0.5) is 4.79 Å². The highest BCUT2D eigenvalue weighted by molar-refractivity contribution is 5.92. The molecule has 8 nitrogen and oxygen atoms in total. The van der Waals surface area contributed by atoms with Crippen molar-refractivity contribution in [3.63, 3.8) is 0 Å². The van der Waals surface area contributed by atoms with Crippen LogP contribution in [0.25, 0.3) is 0 Å². The maximum Gasteiger partial charge on any atom is 0.408 e. The predicted molar refractivity (Wildman–Crippen MR) is 137 cm³/mol. The number of aryl methyl sites for hydroxylation is 2. The van der Waals surface area contributed by atoms with Crippen LogP contribution in [0.3, 0.4) is 0 Å². The second kappa shape index (κ2) is 13.7. The number of amides is 3. The molecule has 1 aromatic carbocycles. The molecule has 0 heterocycles. The average molecular weight is 487 g/mol. The van der Waals surface area contributed by atoms with Crippen molar-refractivity contribution in [3.8, 4) is 6.07 Å². The van der Waals surface area contributed by atoms with Crippen molar-refractivity contribution in [1.29, 1.82) is 5.26 Å². The Morgan fingerprint density at radius 2 is 1.74 bits per heavy atom. The van der Waals surface area contributed by atoms with Crippen molar-refractivity contribution in [2.24, 2.45) is 5.92 Å². The molecule has 0 fully saturated rings. The molecule has 8 heteroatoms. The average Bonchev–Trinajstić information content (AvgIpc) is 2.76. The monoisotopic (exact) mass is 486 g/mol. The van der Waals surface area contributed by atoms with Crippen molar-refractivity contribution in [2.75, 3.05) is 13.1 Å². The first-order valence-corrected chi connectivity index (χ1v) is 12.4. The third kappa shape index (κ3) is 8.89. The lowest BCUT2D eigenvalue weighted by Crippen LogP contribution is -2.55. The summed E-state index contributed by atoms with van der Waals surface area (Å²) in [6.07, 6.45) is 1.59. The number of nitrogens with one attached hydrogen (secondary N) is 2. The molecule has 2 N–H and O–H groups in total. The van der Waals surface area contributed by atoms with Crippen molar-refractivity contribution in [3.05, 3.63) is 34.9 Å². The van der Waals surface area contributed by atoms with E-state index in [9.17, 15) is 19.6 Å². The van der Waals surface area contributed by atoms with Crippen LogP contribution in [-0.2, 0) is 14.3 Å². The standard InChI is InChI=1S/C27H42N4O4/c1-9-11-16-29-24(32)23(21-19(4)13-12-14-20(21)5)31(17-15-28)25(33)22(18(3)10-2)30-26(34)35-27(6,7)8/h12-14,18,22-23H,9-11,16-17H2,1-8H3,(H,29,32)(H,30,34). The fourth-order valence-corrected chi connectivity index (χ4v) is 3.84. The molecule has 35 heavy (non-hydrogen) atoms. The highest BCUT2D eigenvalue weighted by atomic mass is 16.6. The Labute approximate surface area is 210 Å². The van der Waals surface area contributed by atoms with Crippen molar-refractivity contribution in [1.82, 2.24) is 15.5 Å². The first-order valence-electron chi connectivity index (χ1n) is 12.4. The van der Waals surface area contributed by atoms with Crippen molar-refractivity contribution < 1.29 is 19.1 Å². The third-order valence-electron chi connectivity index (χ3n) is 5.88. The summed E-state index contributed by atoms with van der Waals surface area (Å²) in [7, 11) is 0. The fraction of sp³-hybridized carbons (Fsp3) is 0.630. The van der Waals surface area contributed by atoms with Crippen LogP contribution >= 0.6 is 0 Å². The van der Waals surface area contributed by atoms with Gasteiger partial charge in [-0.3, -0.25) is 9.59 Å². The highest BCUT2D eigenvalue weighted by Gasteiger charge is 2.39. The molecular weight excluding hydrogens is 444 g/mol. The van der Waals surface area contributed by atoms with E-state index in [0.717, 1.165) is 24.0 Å². The van der Waals surface area contributed by atoms with Gasteiger partial charge in [-0.05, 0) is 63.6 Å². The van der Waals surface area contributed by atoms with Crippen LogP contribution in [0.2, 0.25) is 0 Å². The Balaban J connectivity index is 3.53. The number of alkyl carbamates (subject to hydrolysis) is 1. The zero-order valence-electron chi connectivity index (χ0n) is 22.5. The summed E-state index contributed by atoms with van der Waals surface area (Å²) in [5.74, 6) is -1.09. The molecule has 1 aromatic rings. The summed E-state index contributed by atoms with van der Waals surface area (Å²) >= 11 is 0. The summed E-state index contributed by atoms with van der Waals surface area (Å²) in [6, 6.07) is 5.74. The van der Waals surface area contributed by atoms with Gasteiger partial charge in [0, 0.05) is 6.54 Å². The number of benzene rings is 1. The first-order chi connectivity index (χ1) is 16.4. The molecule has 0 spiro atoms. The summed E-state index contributed by atoms with van der Waals surface area (Å²) in [5, 5.41) is 15.3. The molecule has 0 saturated heterocycles. The van der Waals surface area contributed by atoms with Gasteiger partial charge >= 0.3 is 6.09 Å². The molecular formula is C27H42N4O4. The molecule has 1 rings (SSSR count). The first kappa shape index (κ1) is 30.0. The van der Waals surface area contributed by atoms with Crippen LogP contribution < -0.4 is 10.6 Å². The summed E-state index contributed by atoms with van der Waals surface area (Å²) < 4.78 is 5.38. The summed E-state index contributed by atoms with van der Waals surface area (Å²) in [4.78, 5) is 41.3. The molecule has 0 radical (unpaired) electrons. The van der Waals surface area contributed by atoms with E-state index < -0.39 is 29.7 Å². The van der Waals surface area contributed by atoms with E-state index >= 15 is 0 Å². The van der Waals surface area contributed by atoms with Crippen LogP contribution in [0.15, 0.2) is 18.2 Å². The summed E-state index contributed by atoms with van der Waals surface area (Å²) in [5.41, 5.74) is 1.64. The second-order valence-electron chi connectivity index (χ2n) is 9.99. The van der Waals surface area contributed by atoms with E-state index in [4.69, 9.17) is 4.74 Å². The van der Waals surface area contributed by atoms with Crippen LogP contribution in [0.5, 0.6) is 0 Å². The normalized spacial score (nSPS) is 13.7. The molecule has 0 aliphatic rings. The molecule has 0 bridgehead atoms. The smallest absolute Gasteiger partial charge is 0.408 e. The molecule has 0 aliphatic carbocycles. The van der Waals surface area contributed by atoms with Gasteiger partial charge in [-0.25, -0.2) is 4.79 Å². The highest BCUT2D eigenvalue weighted by Crippen LogP contribution is 2.29. The Bertz CT molecular complexity index is 896. The van der Waals surface area contributed by atoms with Gasteiger partial charge in [0.15, 0.2) is 0 Å². The summed E-state index contributed by atoms with van der Waals surface area (Å²) in [6.45, 7) is 14.9. The number of rotatable bonds is 11. The van der Waals surface area contributed by atoms with E-state index in [-0.39, 0.29) is 18.4 Å². The van der Waals surface area contributed by atoms with Crippen molar-refractivity contribution in [2.45, 2.75) is 92.3 Å². The van der Waals surface area contributed by atoms with Gasteiger partial charge in [-0.2, -0.15) is 5.26 Å². The zero-order chi connectivity index (χ0) is 26.8. The minimum absolute atomic E-state index is 0.252. The SMILES string of the molecule is CCCCNC(=O)C(c1c(C)cccc1C)N(CC#N)C(=O)C(NC(=O)OC(C)(C)C)C(C)CC. The minimum Gasteiger partial charge on any atom is -0.444 e. The minimum atomic E-state index is -1.01. The van der Waals surface area contributed by atoms with Gasteiger partial charge in [0.2, 0.25) is 11.8 Å². The van der Waals surface area contributed by atoms with E-state index in [0.29, 0.717) is 18.5 Å². The molecule has 3 amide bonds. The largest absolute Gasteiger partial charge is 0.444 e. The molecule has 0 aliphatic heterocycles. The lowest BCUT2D eigenvalue weighted by atomic mass is 9.92. The lowest BCUT2D eigenvalue weighted by molar-refractivity contribution is -0.142. The number of nitrogens with zero attached hydrogens (tertiary/aromatic N) is 2. The van der Waals surface area contributed by atoms with Gasteiger partial charge in [-0.1, -0.05) is 51.8 Å².